The van der Waals surface area contributed by atoms with Crippen LogP contribution in [0.15, 0.2) is 36.4 Å². The average Bonchev–Trinajstić information content (AvgIpc) is 3.30. The van der Waals surface area contributed by atoms with Gasteiger partial charge in [-0.25, -0.2) is 0 Å². The molecular formula is C21H19ClN6OS2. The summed E-state index contributed by atoms with van der Waals surface area (Å²) >= 11 is 13.0. The first-order valence-corrected chi connectivity index (χ1v) is 11.2. The van der Waals surface area contributed by atoms with Gasteiger partial charge >= 0.3 is 0 Å². The van der Waals surface area contributed by atoms with E-state index < -0.39 is 0 Å². The van der Waals surface area contributed by atoms with E-state index >= 15 is 0 Å². The molecule has 1 amide bonds. The number of fused-ring (bicyclic) bond motifs is 1. The van der Waals surface area contributed by atoms with Crippen LogP contribution in [0.25, 0.3) is 15.5 Å². The summed E-state index contributed by atoms with van der Waals surface area (Å²) in [5.41, 5.74) is 4.02. The number of thiocarbonyl (C=S) groups is 1. The van der Waals surface area contributed by atoms with Crippen LogP contribution >= 0.6 is 35.2 Å². The highest BCUT2D eigenvalue weighted by molar-refractivity contribution is 7.80. The molecule has 0 aliphatic carbocycles. The lowest BCUT2D eigenvalue weighted by Crippen LogP contribution is -2.34. The van der Waals surface area contributed by atoms with E-state index in [2.05, 4.69) is 25.9 Å². The number of benzene rings is 2. The quantitative estimate of drug-likeness (QED) is 0.416. The van der Waals surface area contributed by atoms with E-state index in [1.165, 1.54) is 11.3 Å². The van der Waals surface area contributed by atoms with Crippen LogP contribution in [-0.4, -0.2) is 30.8 Å². The van der Waals surface area contributed by atoms with Crippen molar-refractivity contribution in [3.8, 4) is 10.6 Å². The smallest absolute Gasteiger partial charge is 0.258 e. The largest absolute Gasteiger partial charge is 0.332 e. The predicted octanol–water partition coefficient (Wildman–Crippen LogP) is 4.81. The number of nitrogens with one attached hydrogen (secondary N) is 2. The van der Waals surface area contributed by atoms with E-state index in [1.54, 1.807) is 16.6 Å². The van der Waals surface area contributed by atoms with Crippen LogP contribution in [0.3, 0.4) is 0 Å². The van der Waals surface area contributed by atoms with Crippen molar-refractivity contribution in [3.63, 3.8) is 0 Å². The molecule has 0 radical (unpaired) electrons. The highest BCUT2D eigenvalue weighted by atomic mass is 35.5. The van der Waals surface area contributed by atoms with E-state index in [0.717, 1.165) is 44.6 Å². The number of anilines is 1. The first-order chi connectivity index (χ1) is 14.9. The third-order valence-electron chi connectivity index (χ3n) is 4.70. The van der Waals surface area contributed by atoms with Gasteiger partial charge in [0.15, 0.2) is 10.9 Å². The summed E-state index contributed by atoms with van der Waals surface area (Å²) in [5.74, 6) is 0.457. The number of aromatic nitrogens is 4. The van der Waals surface area contributed by atoms with Gasteiger partial charge in [0.05, 0.1) is 10.6 Å². The van der Waals surface area contributed by atoms with E-state index in [0.29, 0.717) is 10.6 Å². The summed E-state index contributed by atoms with van der Waals surface area (Å²) in [5, 5.41) is 20.1. The normalized spacial score (nSPS) is 11.0. The maximum atomic E-state index is 12.5. The predicted molar refractivity (Wildman–Crippen MR) is 128 cm³/mol. The zero-order valence-electron chi connectivity index (χ0n) is 17.1. The van der Waals surface area contributed by atoms with Gasteiger partial charge in [0.2, 0.25) is 4.96 Å². The monoisotopic (exact) mass is 470 g/mol. The van der Waals surface area contributed by atoms with E-state index in [4.69, 9.17) is 23.8 Å². The first kappa shape index (κ1) is 21.4. The second kappa shape index (κ2) is 8.70. The number of carbonyl (C=O) groups excluding carboxylic acids is 1. The second-order valence-corrected chi connectivity index (χ2v) is 8.76. The molecule has 0 saturated carbocycles. The minimum absolute atomic E-state index is 0.188. The van der Waals surface area contributed by atoms with Crippen LogP contribution in [0.5, 0.6) is 0 Å². The molecule has 0 saturated heterocycles. The highest BCUT2D eigenvalue weighted by Gasteiger charge is 2.15. The van der Waals surface area contributed by atoms with Crippen molar-refractivity contribution < 1.29 is 4.79 Å². The summed E-state index contributed by atoms with van der Waals surface area (Å²) in [6.45, 7) is 5.89. The maximum Gasteiger partial charge on any atom is 0.258 e. The molecule has 158 valence electrons. The number of amides is 1. The summed E-state index contributed by atoms with van der Waals surface area (Å²) < 4.78 is 1.77. The van der Waals surface area contributed by atoms with Crippen LogP contribution < -0.4 is 10.6 Å². The van der Waals surface area contributed by atoms with Gasteiger partial charge in [0.25, 0.3) is 5.91 Å². The SMILES string of the molecule is CCc1nnc2sc(-c3ccc(C)c(NC(=S)NC(=O)c4ccc(C)cc4Cl)c3)nn12. The molecule has 10 heteroatoms. The van der Waals surface area contributed by atoms with Crippen LogP contribution in [0, 0.1) is 13.8 Å². The van der Waals surface area contributed by atoms with Crippen molar-refractivity contribution in [3.05, 3.63) is 63.9 Å². The van der Waals surface area contributed by atoms with E-state index in [-0.39, 0.29) is 11.0 Å². The van der Waals surface area contributed by atoms with Gasteiger partial charge in [-0.2, -0.15) is 9.61 Å². The Hall–Kier alpha value is -2.88. The van der Waals surface area contributed by atoms with Crippen LogP contribution in [-0.2, 0) is 6.42 Å². The number of carbonyl (C=O) groups is 1. The summed E-state index contributed by atoms with van der Waals surface area (Å²) in [6.07, 6.45) is 0.754. The van der Waals surface area contributed by atoms with Crippen molar-refractivity contribution in [2.24, 2.45) is 0 Å². The Labute approximate surface area is 193 Å². The Morgan fingerprint density at radius 1 is 1.19 bits per heavy atom. The lowest BCUT2D eigenvalue weighted by atomic mass is 10.1. The van der Waals surface area contributed by atoms with Crippen LogP contribution in [0.2, 0.25) is 5.02 Å². The maximum absolute atomic E-state index is 12.5. The first-order valence-electron chi connectivity index (χ1n) is 9.56. The van der Waals surface area contributed by atoms with Gasteiger partial charge in [-0.15, -0.1) is 10.2 Å². The highest BCUT2D eigenvalue weighted by Crippen LogP contribution is 2.29. The van der Waals surface area contributed by atoms with Crippen molar-refractivity contribution in [1.29, 1.82) is 0 Å². The topological polar surface area (TPSA) is 84.2 Å². The number of hydrogen-bond acceptors (Lipinski definition) is 6. The Bertz CT molecular complexity index is 1310. The molecule has 2 aromatic carbocycles. The molecule has 7 nitrogen and oxygen atoms in total. The van der Waals surface area contributed by atoms with Crippen molar-refractivity contribution in [1.82, 2.24) is 25.1 Å². The fraction of sp³-hybridized carbons (Fsp3) is 0.190. The van der Waals surface area contributed by atoms with Gasteiger partial charge in [0.1, 0.15) is 5.01 Å². The Kier molecular flexibility index (Phi) is 5.99. The molecule has 0 bridgehead atoms. The van der Waals surface area contributed by atoms with Gasteiger partial charge in [0, 0.05) is 17.7 Å². The van der Waals surface area contributed by atoms with Gasteiger partial charge < -0.3 is 5.32 Å². The zero-order valence-corrected chi connectivity index (χ0v) is 19.5. The van der Waals surface area contributed by atoms with Crippen molar-refractivity contribution >= 4 is 56.8 Å². The zero-order chi connectivity index (χ0) is 22.1. The molecule has 0 atom stereocenters. The lowest BCUT2D eigenvalue weighted by Gasteiger charge is -2.13. The minimum atomic E-state index is -0.364. The molecule has 4 aromatic rings. The van der Waals surface area contributed by atoms with E-state index in [1.807, 2.05) is 45.0 Å². The molecule has 2 aromatic heterocycles. The van der Waals surface area contributed by atoms with Crippen molar-refractivity contribution in [2.75, 3.05) is 5.32 Å². The minimum Gasteiger partial charge on any atom is -0.332 e. The summed E-state index contributed by atoms with van der Waals surface area (Å²) in [7, 11) is 0. The van der Waals surface area contributed by atoms with Crippen LogP contribution in [0.4, 0.5) is 5.69 Å². The molecule has 0 unspecified atom stereocenters. The fourth-order valence-electron chi connectivity index (χ4n) is 3.01. The summed E-state index contributed by atoms with van der Waals surface area (Å²) in [6, 6.07) is 11.2. The Balaban J connectivity index is 1.53. The number of hydrogen-bond donors (Lipinski definition) is 2. The lowest BCUT2D eigenvalue weighted by molar-refractivity contribution is 0.0978. The third-order valence-corrected chi connectivity index (χ3v) is 6.17. The Morgan fingerprint density at radius 2 is 2.00 bits per heavy atom. The Morgan fingerprint density at radius 3 is 2.74 bits per heavy atom. The molecule has 2 N–H and O–H groups in total. The third kappa shape index (κ3) is 4.43. The van der Waals surface area contributed by atoms with Gasteiger partial charge in [-0.3, -0.25) is 10.1 Å². The molecule has 31 heavy (non-hydrogen) atoms. The molecule has 0 spiro atoms. The number of rotatable bonds is 4. The van der Waals surface area contributed by atoms with Crippen LogP contribution in [0.1, 0.15) is 34.2 Å². The van der Waals surface area contributed by atoms with Gasteiger partial charge in [-0.1, -0.05) is 48.1 Å². The molecule has 0 fully saturated rings. The fourth-order valence-corrected chi connectivity index (χ4v) is 4.39. The van der Waals surface area contributed by atoms with Crippen molar-refractivity contribution in [2.45, 2.75) is 27.2 Å². The number of halogens is 1. The molecule has 4 rings (SSSR count). The number of aryl methyl sites for hydroxylation is 3. The number of nitrogens with zero attached hydrogens (tertiary/aromatic N) is 4. The molecule has 0 aliphatic rings. The molecular weight excluding hydrogens is 452 g/mol. The van der Waals surface area contributed by atoms with Gasteiger partial charge in [-0.05, 0) is 55.4 Å². The van der Waals surface area contributed by atoms with E-state index in [9.17, 15) is 4.79 Å². The molecule has 2 heterocycles. The standard InChI is InChI=1S/C21H19ClN6OS2/c1-4-17-25-26-21-28(17)27-19(31-21)13-7-6-12(3)16(10-13)23-20(30)24-18(29)14-8-5-11(2)9-15(14)22/h5-10H,4H2,1-3H3,(H2,23,24,29,30). The average molecular weight is 471 g/mol. The molecule has 0 aliphatic heterocycles. The summed E-state index contributed by atoms with van der Waals surface area (Å²) in [4.78, 5) is 13.3. The second-order valence-electron chi connectivity index (χ2n) is 6.99.